The molecule has 1 aliphatic rings. The normalized spacial score (nSPS) is 21.1. The molecule has 0 amide bonds. The molecule has 118 valence electrons. The van der Waals surface area contributed by atoms with Crippen LogP contribution >= 0.6 is 0 Å². The van der Waals surface area contributed by atoms with Gasteiger partial charge in [0.05, 0.1) is 4.90 Å². The van der Waals surface area contributed by atoms with Gasteiger partial charge < -0.3 is 5.73 Å². The Balaban J connectivity index is 2.05. The summed E-state index contributed by atoms with van der Waals surface area (Å²) >= 11 is 0. The van der Waals surface area contributed by atoms with Crippen LogP contribution in [0.2, 0.25) is 0 Å². The maximum atomic E-state index is 12.4. The SMILES string of the molecule is CC(N)c1ccc(S(=O)(=O)NC2CCC(C)(C)CC2)cc1. The van der Waals surface area contributed by atoms with E-state index >= 15 is 0 Å². The van der Waals surface area contributed by atoms with Crippen molar-refractivity contribution in [2.24, 2.45) is 11.1 Å². The Hall–Kier alpha value is -0.910. The fraction of sp³-hybridized carbons (Fsp3) is 0.625. The molecule has 0 aromatic heterocycles. The van der Waals surface area contributed by atoms with Crippen LogP contribution in [-0.2, 0) is 10.0 Å². The van der Waals surface area contributed by atoms with Gasteiger partial charge >= 0.3 is 0 Å². The van der Waals surface area contributed by atoms with E-state index in [1.807, 2.05) is 6.92 Å². The predicted octanol–water partition coefficient (Wildman–Crippen LogP) is 2.95. The second kappa shape index (κ2) is 6.07. The van der Waals surface area contributed by atoms with Crippen molar-refractivity contribution in [1.29, 1.82) is 0 Å². The molecule has 1 fully saturated rings. The monoisotopic (exact) mass is 310 g/mol. The average Bonchev–Trinajstić information content (AvgIpc) is 2.41. The van der Waals surface area contributed by atoms with Gasteiger partial charge in [0.15, 0.2) is 0 Å². The number of sulfonamides is 1. The molecule has 1 aliphatic carbocycles. The Morgan fingerprint density at radius 2 is 1.71 bits per heavy atom. The van der Waals surface area contributed by atoms with E-state index in [0.717, 1.165) is 31.2 Å². The van der Waals surface area contributed by atoms with Crippen molar-refractivity contribution >= 4 is 10.0 Å². The Labute approximate surface area is 128 Å². The van der Waals surface area contributed by atoms with Crippen molar-refractivity contribution in [3.05, 3.63) is 29.8 Å². The largest absolute Gasteiger partial charge is 0.324 e. The summed E-state index contributed by atoms with van der Waals surface area (Å²) in [6.07, 6.45) is 3.93. The molecule has 0 spiro atoms. The minimum Gasteiger partial charge on any atom is -0.324 e. The van der Waals surface area contributed by atoms with E-state index in [9.17, 15) is 8.42 Å². The van der Waals surface area contributed by atoms with Gasteiger partial charge in [-0.2, -0.15) is 0 Å². The lowest BCUT2D eigenvalue weighted by Crippen LogP contribution is -2.39. The van der Waals surface area contributed by atoms with Gasteiger partial charge in [-0.1, -0.05) is 26.0 Å². The van der Waals surface area contributed by atoms with Crippen LogP contribution in [0.15, 0.2) is 29.2 Å². The molecule has 1 saturated carbocycles. The third-order valence-corrected chi connectivity index (χ3v) is 5.91. The lowest BCUT2D eigenvalue weighted by Gasteiger charge is -2.34. The van der Waals surface area contributed by atoms with E-state index in [4.69, 9.17) is 5.73 Å². The Morgan fingerprint density at radius 1 is 1.19 bits per heavy atom. The highest BCUT2D eigenvalue weighted by molar-refractivity contribution is 7.89. The second-order valence-electron chi connectivity index (χ2n) is 6.92. The maximum Gasteiger partial charge on any atom is 0.240 e. The first-order valence-corrected chi connectivity index (χ1v) is 9.06. The summed E-state index contributed by atoms with van der Waals surface area (Å²) in [6.45, 7) is 6.36. The van der Waals surface area contributed by atoms with Gasteiger partial charge in [-0.05, 0) is 55.7 Å². The fourth-order valence-corrected chi connectivity index (χ4v) is 4.06. The van der Waals surface area contributed by atoms with Crippen LogP contribution in [0, 0.1) is 5.41 Å². The molecular formula is C16H26N2O2S. The molecule has 0 radical (unpaired) electrons. The number of benzene rings is 1. The van der Waals surface area contributed by atoms with Crippen LogP contribution < -0.4 is 10.5 Å². The van der Waals surface area contributed by atoms with Gasteiger partial charge in [-0.25, -0.2) is 13.1 Å². The molecule has 3 N–H and O–H groups in total. The number of hydrogen-bond acceptors (Lipinski definition) is 3. The zero-order valence-electron chi connectivity index (χ0n) is 13.1. The van der Waals surface area contributed by atoms with E-state index in [-0.39, 0.29) is 12.1 Å². The Kier molecular flexibility index (Phi) is 4.76. The van der Waals surface area contributed by atoms with E-state index in [1.54, 1.807) is 24.3 Å². The fourth-order valence-electron chi connectivity index (χ4n) is 2.76. The van der Waals surface area contributed by atoms with Gasteiger partial charge in [0.1, 0.15) is 0 Å². The lowest BCUT2D eigenvalue weighted by molar-refractivity contribution is 0.218. The summed E-state index contributed by atoms with van der Waals surface area (Å²) in [5.74, 6) is 0. The third kappa shape index (κ3) is 4.28. The molecule has 1 unspecified atom stereocenters. The molecule has 0 bridgehead atoms. The average molecular weight is 310 g/mol. The van der Waals surface area contributed by atoms with Crippen molar-refractivity contribution in [3.8, 4) is 0 Å². The van der Waals surface area contributed by atoms with E-state index in [2.05, 4.69) is 18.6 Å². The van der Waals surface area contributed by atoms with Crippen molar-refractivity contribution in [2.45, 2.75) is 63.4 Å². The standard InChI is InChI=1S/C16H26N2O2S/c1-12(17)13-4-6-15(7-5-13)21(19,20)18-14-8-10-16(2,3)11-9-14/h4-7,12,14,18H,8-11,17H2,1-3H3. The summed E-state index contributed by atoms with van der Waals surface area (Å²) < 4.78 is 27.6. The number of nitrogens with two attached hydrogens (primary N) is 1. The number of rotatable bonds is 4. The number of hydrogen-bond donors (Lipinski definition) is 2. The summed E-state index contributed by atoms with van der Waals surface area (Å²) in [5, 5.41) is 0. The van der Waals surface area contributed by atoms with E-state index in [1.165, 1.54) is 0 Å². The molecule has 0 saturated heterocycles. The molecule has 0 heterocycles. The Bertz CT molecular complexity index is 567. The molecule has 1 aromatic carbocycles. The first kappa shape index (κ1) is 16.5. The van der Waals surface area contributed by atoms with Crippen molar-refractivity contribution in [3.63, 3.8) is 0 Å². The van der Waals surface area contributed by atoms with Gasteiger partial charge in [0, 0.05) is 12.1 Å². The smallest absolute Gasteiger partial charge is 0.240 e. The van der Waals surface area contributed by atoms with Gasteiger partial charge in [0.2, 0.25) is 10.0 Å². The van der Waals surface area contributed by atoms with Crippen LogP contribution in [0.5, 0.6) is 0 Å². The molecule has 5 heteroatoms. The summed E-state index contributed by atoms with van der Waals surface area (Å²) in [5.41, 5.74) is 7.06. The van der Waals surface area contributed by atoms with E-state index in [0.29, 0.717) is 10.3 Å². The topological polar surface area (TPSA) is 72.2 Å². The molecule has 0 aliphatic heterocycles. The van der Waals surface area contributed by atoms with Gasteiger partial charge in [-0.3, -0.25) is 0 Å². The van der Waals surface area contributed by atoms with Crippen LogP contribution in [-0.4, -0.2) is 14.5 Å². The van der Waals surface area contributed by atoms with Crippen molar-refractivity contribution < 1.29 is 8.42 Å². The highest BCUT2D eigenvalue weighted by Gasteiger charge is 2.29. The van der Waals surface area contributed by atoms with E-state index < -0.39 is 10.0 Å². The molecular weight excluding hydrogens is 284 g/mol. The maximum absolute atomic E-state index is 12.4. The van der Waals surface area contributed by atoms with Crippen LogP contribution in [0.3, 0.4) is 0 Å². The molecule has 1 aromatic rings. The quantitative estimate of drug-likeness (QED) is 0.898. The van der Waals surface area contributed by atoms with Crippen molar-refractivity contribution in [1.82, 2.24) is 4.72 Å². The van der Waals surface area contributed by atoms with Crippen LogP contribution in [0.4, 0.5) is 0 Å². The van der Waals surface area contributed by atoms with Crippen LogP contribution in [0.1, 0.15) is 58.1 Å². The molecule has 2 rings (SSSR count). The molecule has 1 atom stereocenters. The number of nitrogens with one attached hydrogen (secondary N) is 1. The minimum absolute atomic E-state index is 0.0520. The predicted molar refractivity (Wildman–Crippen MR) is 85.4 cm³/mol. The van der Waals surface area contributed by atoms with Crippen molar-refractivity contribution in [2.75, 3.05) is 0 Å². The second-order valence-corrected chi connectivity index (χ2v) is 8.63. The first-order chi connectivity index (χ1) is 9.70. The lowest BCUT2D eigenvalue weighted by atomic mass is 9.76. The summed E-state index contributed by atoms with van der Waals surface area (Å²) in [7, 11) is -3.43. The highest BCUT2D eigenvalue weighted by atomic mass is 32.2. The zero-order chi connectivity index (χ0) is 15.7. The van der Waals surface area contributed by atoms with Gasteiger partial charge in [0.25, 0.3) is 0 Å². The Morgan fingerprint density at radius 3 is 2.19 bits per heavy atom. The first-order valence-electron chi connectivity index (χ1n) is 7.57. The third-order valence-electron chi connectivity index (χ3n) is 4.38. The molecule has 4 nitrogen and oxygen atoms in total. The minimum atomic E-state index is -3.43. The molecule has 21 heavy (non-hydrogen) atoms. The summed E-state index contributed by atoms with van der Waals surface area (Å²) in [4.78, 5) is 0.316. The summed E-state index contributed by atoms with van der Waals surface area (Å²) in [6, 6.07) is 6.79. The van der Waals surface area contributed by atoms with Gasteiger partial charge in [-0.15, -0.1) is 0 Å². The van der Waals surface area contributed by atoms with Crippen LogP contribution in [0.25, 0.3) is 0 Å². The highest BCUT2D eigenvalue weighted by Crippen LogP contribution is 2.35. The zero-order valence-corrected chi connectivity index (χ0v) is 13.9.